The Morgan fingerprint density at radius 1 is 1.08 bits per heavy atom. The highest BCUT2D eigenvalue weighted by Gasteiger charge is 2.20. The van der Waals surface area contributed by atoms with Gasteiger partial charge in [0.2, 0.25) is 0 Å². The number of anilines is 1. The van der Waals surface area contributed by atoms with Gasteiger partial charge in [0, 0.05) is 31.4 Å². The number of benzene rings is 2. The standard InChI is InChI=1S/C20H25N3O/c1-16-6-5-9-19(14-16)22-20(24)21-18-10-12-23(13-11-18)15-17-7-3-2-4-8-17/h2-9,14,18H,10-13,15H2,1H3,(H2,21,22,24). The second-order valence-corrected chi connectivity index (χ2v) is 6.50. The van der Waals surface area contributed by atoms with Crippen molar-refractivity contribution in [2.75, 3.05) is 18.4 Å². The van der Waals surface area contributed by atoms with Crippen molar-refractivity contribution in [2.45, 2.75) is 32.4 Å². The van der Waals surface area contributed by atoms with Crippen LogP contribution in [0.2, 0.25) is 0 Å². The summed E-state index contributed by atoms with van der Waals surface area (Å²) >= 11 is 0. The van der Waals surface area contributed by atoms with Crippen LogP contribution in [0.1, 0.15) is 24.0 Å². The summed E-state index contributed by atoms with van der Waals surface area (Å²) in [5.41, 5.74) is 3.33. The number of hydrogen-bond donors (Lipinski definition) is 2. The van der Waals surface area contributed by atoms with Crippen LogP contribution < -0.4 is 10.6 Å². The number of rotatable bonds is 4. The Labute approximate surface area is 143 Å². The van der Waals surface area contributed by atoms with E-state index in [9.17, 15) is 4.79 Å². The molecule has 0 radical (unpaired) electrons. The molecule has 1 saturated heterocycles. The number of carbonyl (C=O) groups excluding carboxylic acids is 1. The van der Waals surface area contributed by atoms with Crippen LogP contribution in [0.25, 0.3) is 0 Å². The van der Waals surface area contributed by atoms with Crippen LogP contribution in [-0.2, 0) is 6.54 Å². The molecule has 3 rings (SSSR count). The Hall–Kier alpha value is -2.33. The maximum atomic E-state index is 12.1. The van der Waals surface area contributed by atoms with E-state index in [1.54, 1.807) is 0 Å². The summed E-state index contributed by atoms with van der Waals surface area (Å²) in [7, 11) is 0. The fraction of sp³-hybridized carbons (Fsp3) is 0.350. The third kappa shape index (κ3) is 4.83. The molecule has 2 N–H and O–H groups in total. The van der Waals surface area contributed by atoms with Gasteiger partial charge in [-0.3, -0.25) is 4.90 Å². The number of urea groups is 1. The van der Waals surface area contributed by atoms with E-state index >= 15 is 0 Å². The second kappa shape index (κ2) is 7.97. The summed E-state index contributed by atoms with van der Waals surface area (Å²) in [5, 5.41) is 6.01. The van der Waals surface area contributed by atoms with Gasteiger partial charge in [0.05, 0.1) is 0 Å². The third-order valence-corrected chi connectivity index (χ3v) is 4.45. The van der Waals surface area contributed by atoms with Gasteiger partial charge in [-0.1, -0.05) is 42.5 Å². The van der Waals surface area contributed by atoms with Crippen molar-refractivity contribution in [1.82, 2.24) is 10.2 Å². The van der Waals surface area contributed by atoms with Gasteiger partial charge in [-0.25, -0.2) is 4.79 Å². The normalized spacial score (nSPS) is 15.9. The van der Waals surface area contributed by atoms with Crippen LogP contribution in [0, 0.1) is 6.92 Å². The molecule has 4 heteroatoms. The summed E-state index contributed by atoms with van der Waals surface area (Å²) in [6.45, 7) is 5.04. The molecule has 0 bridgehead atoms. The van der Waals surface area contributed by atoms with E-state index in [4.69, 9.17) is 0 Å². The summed E-state index contributed by atoms with van der Waals surface area (Å²) in [5.74, 6) is 0. The Kier molecular flexibility index (Phi) is 5.49. The molecule has 2 amide bonds. The summed E-state index contributed by atoms with van der Waals surface area (Å²) < 4.78 is 0. The Bertz CT molecular complexity index is 664. The minimum absolute atomic E-state index is 0.109. The Balaban J connectivity index is 1.42. The van der Waals surface area contributed by atoms with Crippen molar-refractivity contribution in [3.63, 3.8) is 0 Å². The van der Waals surface area contributed by atoms with Crippen LogP contribution in [0.3, 0.4) is 0 Å². The third-order valence-electron chi connectivity index (χ3n) is 4.45. The van der Waals surface area contributed by atoms with Crippen LogP contribution in [-0.4, -0.2) is 30.1 Å². The van der Waals surface area contributed by atoms with E-state index in [1.165, 1.54) is 5.56 Å². The molecular formula is C20H25N3O. The van der Waals surface area contributed by atoms with Gasteiger partial charge in [0.25, 0.3) is 0 Å². The highest BCUT2D eigenvalue weighted by molar-refractivity contribution is 5.89. The maximum Gasteiger partial charge on any atom is 0.319 e. The number of carbonyl (C=O) groups is 1. The fourth-order valence-corrected chi connectivity index (χ4v) is 3.15. The highest BCUT2D eigenvalue weighted by Crippen LogP contribution is 2.14. The molecule has 0 aromatic heterocycles. The van der Waals surface area contributed by atoms with Gasteiger partial charge in [-0.05, 0) is 43.0 Å². The quantitative estimate of drug-likeness (QED) is 0.899. The molecule has 0 unspecified atom stereocenters. The van der Waals surface area contributed by atoms with Gasteiger partial charge < -0.3 is 10.6 Å². The van der Waals surface area contributed by atoms with Crippen molar-refractivity contribution in [3.05, 3.63) is 65.7 Å². The molecule has 0 aliphatic carbocycles. The first-order valence-electron chi connectivity index (χ1n) is 8.59. The Morgan fingerprint density at radius 3 is 2.54 bits per heavy atom. The molecule has 0 saturated carbocycles. The van der Waals surface area contributed by atoms with Gasteiger partial charge in [-0.15, -0.1) is 0 Å². The van der Waals surface area contributed by atoms with E-state index in [0.717, 1.165) is 43.7 Å². The molecule has 24 heavy (non-hydrogen) atoms. The number of nitrogens with zero attached hydrogens (tertiary/aromatic N) is 1. The monoisotopic (exact) mass is 323 g/mol. The number of amides is 2. The number of likely N-dealkylation sites (tertiary alicyclic amines) is 1. The first-order chi connectivity index (χ1) is 11.7. The van der Waals surface area contributed by atoms with Gasteiger partial charge in [0.15, 0.2) is 0 Å². The molecule has 0 spiro atoms. The van der Waals surface area contributed by atoms with Crippen molar-refractivity contribution >= 4 is 11.7 Å². The fourth-order valence-electron chi connectivity index (χ4n) is 3.15. The van der Waals surface area contributed by atoms with Crippen molar-refractivity contribution in [3.8, 4) is 0 Å². The van der Waals surface area contributed by atoms with Crippen molar-refractivity contribution in [2.24, 2.45) is 0 Å². The molecule has 0 atom stereocenters. The number of piperidine rings is 1. The number of nitrogens with one attached hydrogen (secondary N) is 2. The molecule has 1 fully saturated rings. The lowest BCUT2D eigenvalue weighted by atomic mass is 10.0. The topological polar surface area (TPSA) is 44.4 Å². The smallest absolute Gasteiger partial charge is 0.319 e. The molecular weight excluding hydrogens is 298 g/mol. The number of hydrogen-bond acceptors (Lipinski definition) is 2. The molecule has 1 aliphatic rings. The van der Waals surface area contributed by atoms with E-state index in [-0.39, 0.29) is 12.1 Å². The molecule has 4 nitrogen and oxygen atoms in total. The zero-order valence-electron chi connectivity index (χ0n) is 14.2. The summed E-state index contributed by atoms with van der Waals surface area (Å²) in [6, 6.07) is 18.5. The second-order valence-electron chi connectivity index (χ2n) is 6.50. The average Bonchev–Trinajstić information content (AvgIpc) is 2.57. The minimum Gasteiger partial charge on any atom is -0.335 e. The van der Waals surface area contributed by atoms with E-state index in [0.29, 0.717) is 0 Å². The Morgan fingerprint density at radius 2 is 1.83 bits per heavy atom. The first-order valence-corrected chi connectivity index (χ1v) is 8.59. The van der Waals surface area contributed by atoms with Crippen molar-refractivity contribution < 1.29 is 4.79 Å². The first kappa shape index (κ1) is 16.5. The zero-order chi connectivity index (χ0) is 16.8. The van der Waals surface area contributed by atoms with Crippen molar-refractivity contribution in [1.29, 1.82) is 0 Å². The van der Waals surface area contributed by atoms with Crippen LogP contribution in [0.15, 0.2) is 54.6 Å². The van der Waals surface area contributed by atoms with Gasteiger partial charge >= 0.3 is 6.03 Å². The summed E-state index contributed by atoms with van der Waals surface area (Å²) in [6.07, 6.45) is 1.99. The van der Waals surface area contributed by atoms with E-state index < -0.39 is 0 Å². The predicted octanol–water partition coefficient (Wildman–Crippen LogP) is 3.78. The summed E-state index contributed by atoms with van der Waals surface area (Å²) in [4.78, 5) is 14.6. The molecule has 126 valence electrons. The zero-order valence-corrected chi connectivity index (χ0v) is 14.2. The van der Waals surface area contributed by atoms with Crippen LogP contribution in [0.4, 0.5) is 10.5 Å². The van der Waals surface area contributed by atoms with Crippen LogP contribution >= 0.6 is 0 Å². The van der Waals surface area contributed by atoms with Crippen LogP contribution in [0.5, 0.6) is 0 Å². The minimum atomic E-state index is -0.109. The van der Waals surface area contributed by atoms with E-state index in [2.05, 4.69) is 39.8 Å². The molecule has 2 aromatic rings. The van der Waals surface area contributed by atoms with E-state index in [1.807, 2.05) is 37.3 Å². The lowest BCUT2D eigenvalue weighted by Crippen LogP contribution is -2.45. The largest absolute Gasteiger partial charge is 0.335 e. The lowest BCUT2D eigenvalue weighted by molar-refractivity contribution is 0.190. The molecule has 2 aromatic carbocycles. The average molecular weight is 323 g/mol. The molecule has 1 heterocycles. The highest BCUT2D eigenvalue weighted by atomic mass is 16.2. The molecule has 1 aliphatic heterocycles. The SMILES string of the molecule is Cc1cccc(NC(=O)NC2CCN(Cc3ccccc3)CC2)c1. The van der Waals surface area contributed by atoms with Gasteiger partial charge in [-0.2, -0.15) is 0 Å². The number of aryl methyl sites for hydroxylation is 1. The maximum absolute atomic E-state index is 12.1. The predicted molar refractivity (Wildman–Crippen MR) is 98.1 cm³/mol. The lowest BCUT2D eigenvalue weighted by Gasteiger charge is -2.32. The van der Waals surface area contributed by atoms with Gasteiger partial charge in [0.1, 0.15) is 0 Å².